The van der Waals surface area contributed by atoms with Gasteiger partial charge in [-0.05, 0) is 31.9 Å². The van der Waals surface area contributed by atoms with Gasteiger partial charge in [0.1, 0.15) is 5.54 Å². The Morgan fingerprint density at radius 3 is 2.18 bits per heavy atom. The molecule has 0 heterocycles. The van der Waals surface area contributed by atoms with Crippen molar-refractivity contribution < 1.29 is 9.53 Å². The van der Waals surface area contributed by atoms with Gasteiger partial charge in [0.05, 0.1) is 7.11 Å². The third-order valence-corrected chi connectivity index (χ3v) is 3.22. The molecule has 0 aliphatic carbocycles. The van der Waals surface area contributed by atoms with Gasteiger partial charge in [-0.2, -0.15) is 0 Å². The number of esters is 1. The van der Waals surface area contributed by atoms with E-state index >= 15 is 0 Å². The van der Waals surface area contributed by atoms with E-state index in [0.717, 1.165) is 5.69 Å². The van der Waals surface area contributed by atoms with Crippen molar-refractivity contribution in [3.63, 3.8) is 0 Å². The van der Waals surface area contributed by atoms with Crippen molar-refractivity contribution in [1.82, 2.24) is 0 Å². The molecule has 0 aliphatic rings. The SMILES string of the molecule is CCC(CC)(Nc1ccc(C)cc1)C(=O)OC. The van der Waals surface area contributed by atoms with Gasteiger partial charge in [0.15, 0.2) is 0 Å². The fraction of sp³-hybridized carbons (Fsp3) is 0.500. The Morgan fingerprint density at radius 2 is 1.76 bits per heavy atom. The van der Waals surface area contributed by atoms with Crippen molar-refractivity contribution in [3.8, 4) is 0 Å². The molecular formula is C14H21NO2. The predicted octanol–water partition coefficient (Wildman–Crippen LogP) is 3.14. The second kappa shape index (κ2) is 5.71. The first kappa shape index (κ1) is 13.6. The minimum absolute atomic E-state index is 0.205. The smallest absolute Gasteiger partial charge is 0.331 e. The quantitative estimate of drug-likeness (QED) is 0.797. The molecular weight excluding hydrogens is 214 g/mol. The number of hydrogen-bond acceptors (Lipinski definition) is 3. The lowest BCUT2D eigenvalue weighted by atomic mass is 9.92. The number of carbonyl (C=O) groups is 1. The van der Waals surface area contributed by atoms with Crippen molar-refractivity contribution in [3.05, 3.63) is 29.8 Å². The molecule has 0 fully saturated rings. The van der Waals surface area contributed by atoms with Gasteiger partial charge in [0.2, 0.25) is 0 Å². The van der Waals surface area contributed by atoms with Gasteiger partial charge in [-0.3, -0.25) is 0 Å². The molecule has 0 radical (unpaired) electrons. The van der Waals surface area contributed by atoms with E-state index in [1.54, 1.807) is 0 Å². The number of aryl methyl sites for hydroxylation is 1. The van der Waals surface area contributed by atoms with Gasteiger partial charge in [-0.1, -0.05) is 31.5 Å². The van der Waals surface area contributed by atoms with Crippen LogP contribution >= 0.6 is 0 Å². The van der Waals surface area contributed by atoms with Crippen LogP contribution in [0.25, 0.3) is 0 Å². The van der Waals surface area contributed by atoms with E-state index in [2.05, 4.69) is 5.32 Å². The number of nitrogens with one attached hydrogen (secondary N) is 1. The largest absolute Gasteiger partial charge is 0.467 e. The molecule has 0 aliphatic heterocycles. The number of carbonyl (C=O) groups excluding carboxylic acids is 1. The topological polar surface area (TPSA) is 38.3 Å². The summed E-state index contributed by atoms with van der Waals surface area (Å²) in [6.45, 7) is 6.01. The van der Waals surface area contributed by atoms with E-state index < -0.39 is 5.54 Å². The van der Waals surface area contributed by atoms with Crippen LogP contribution in [0.15, 0.2) is 24.3 Å². The molecule has 0 unspecified atom stereocenters. The van der Waals surface area contributed by atoms with Crippen LogP contribution in [-0.2, 0) is 9.53 Å². The number of hydrogen-bond donors (Lipinski definition) is 1. The minimum Gasteiger partial charge on any atom is -0.467 e. The Bertz CT molecular complexity index is 366. The van der Waals surface area contributed by atoms with Crippen LogP contribution in [0.1, 0.15) is 32.3 Å². The Hall–Kier alpha value is -1.51. The van der Waals surface area contributed by atoms with Crippen LogP contribution < -0.4 is 5.32 Å². The number of rotatable bonds is 5. The summed E-state index contributed by atoms with van der Waals surface area (Å²) in [6, 6.07) is 8.02. The van der Waals surface area contributed by atoms with Crippen LogP contribution in [0, 0.1) is 6.92 Å². The van der Waals surface area contributed by atoms with Gasteiger partial charge in [-0.15, -0.1) is 0 Å². The lowest BCUT2D eigenvalue weighted by molar-refractivity contribution is -0.146. The highest BCUT2D eigenvalue weighted by atomic mass is 16.5. The van der Waals surface area contributed by atoms with Crippen LogP contribution in [-0.4, -0.2) is 18.6 Å². The lowest BCUT2D eigenvalue weighted by Gasteiger charge is -2.30. The van der Waals surface area contributed by atoms with Gasteiger partial charge < -0.3 is 10.1 Å². The molecule has 1 rings (SSSR count). The summed E-state index contributed by atoms with van der Waals surface area (Å²) in [5.41, 5.74) is 1.53. The summed E-state index contributed by atoms with van der Waals surface area (Å²) < 4.78 is 4.89. The summed E-state index contributed by atoms with van der Waals surface area (Å²) >= 11 is 0. The first-order chi connectivity index (χ1) is 8.07. The van der Waals surface area contributed by atoms with E-state index in [9.17, 15) is 4.79 Å². The zero-order valence-corrected chi connectivity index (χ0v) is 11.0. The molecule has 0 amide bonds. The molecule has 1 N–H and O–H groups in total. The average molecular weight is 235 g/mol. The van der Waals surface area contributed by atoms with Gasteiger partial charge in [0, 0.05) is 5.69 Å². The van der Waals surface area contributed by atoms with Crippen molar-refractivity contribution in [1.29, 1.82) is 0 Å². The maximum atomic E-state index is 11.9. The summed E-state index contributed by atoms with van der Waals surface area (Å²) in [5.74, 6) is -0.205. The molecule has 0 aromatic heterocycles. The fourth-order valence-corrected chi connectivity index (χ4v) is 1.88. The first-order valence-electron chi connectivity index (χ1n) is 6.01. The highest BCUT2D eigenvalue weighted by molar-refractivity contribution is 5.84. The molecule has 94 valence electrons. The Morgan fingerprint density at radius 1 is 1.24 bits per heavy atom. The predicted molar refractivity (Wildman–Crippen MR) is 70.1 cm³/mol. The monoisotopic (exact) mass is 235 g/mol. The van der Waals surface area contributed by atoms with Crippen LogP contribution in [0.3, 0.4) is 0 Å². The van der Waals surface area contributed by atoms with Gasteiger partial charge >= 0.3 is 5.97 Å². The van der Waals surface area contributed by atoms with E-state index in [0.29, 0.717) is 12.8 Å². The molecule has 0 spiro atoms. The van der Waals surface area contributed by atoms with Crippen LogP contribution in [0.2, 0.25) is 0 Å². The Balaban J connectivity index is 2.93. The molecule has 17 heavy (non-hydrogen) atoms. The molecule has 3 heteroatoms. The van der Waals surface area contributed by atoms with Crippen molar-refractivity contribution in [2.75, 3.05) is 12.4 Å². The maximum absolute atomic E-state index is 11.9. The third-order valence-electron chi connectivity index (χ3n) is 3.22. The van der Waals surface area contributed by atoms with Gasteiger partial charge in [-0.25, -0.2) is 4.79 Å². The molecule has 0 atom stereocenters. The van der Waals surface area contributed by atoms with Crippen molar-refractivity contribution in [2.45, 2.75) is 39.2 Å². The minimum atomic E-state index is -0.621. The maximum Gasteiger partial charge on any atom is 0.331 e. The van der Waals surface area contributed by atoms with Gasteiger partial charge in [0.25, 0.3) is 0 Å². The third kappa shape index (κ3) is 2.99. The number of ether oxygens (including phenoxy) is 1. The second-order valence-corrected chi connectivity index (χ2v) is 4.27. The van der Waals surface area contributed by atoms with Crippen LogP contribution in [0.4, 0.5) is 5.69 Å². The Kier molecular flexibility index (Phi) is 4.55. The van der Waals surface area contributed by atoms with Crippen LogP contribution in [0.5, 0.6) is 0 Å². The molecule has 3 nitrogen and oxygen atoms in total. The Labute approximate surface area is 103 Å². The molecule has 0 saturated heterocycles. The zero-order chi connectivity index (χ0) is 12.9. The van der Waals surface area contributed by atoms with Crippen molar-refractivity contribution in [2.24, 2.45) is 0 Å². The summed E-state index contributed by atoms with van der Waals surface area (Å²) in [5, 5.41) is 3.30. The normalized spacial score (nSPS) is 11.1. The summed E-state index contributed by atoms with van der Waals surface area (Å²) in [7, 11) is 1.43. The average Bonchev–Trinajstić information content (AvgIpc) is 2.37. The molecule has 1 aromatic carbocycles. The van der Waals surface area contributed by atoms with E-state index in [-0.39, 0.29) is 5.97 Å². The number of anilines is 1. The van der Waals surface area contributed by atoms with E-state index in [1.807, 2.05) is 45.0 Å². The molecule has 0 saturated carbocycles. The van der Waals surface area contributed by atoms with E-state index in [4.69, 9.17) is 4.74 Å². The van der Waals surface area contributed by atoms with Crippen molar-refractivity contribution >= 4 is 11.7 Å². The summed E-state index contributed by atoms with van der Waals surface area (Å²) in [4.78, 5) is 11.9. The second-order valence-electron chi connectivity index (χ2n) is 4.27. The molecule has 0 bridgehead atoms. The lowest BCUT2D eigenvalue weighted by Crippen LogP contribution is -2.46. The summed E-state index contributed by atoms with van der Waals surface area (Å²) in [6.07, 6.45) is 1.40. The number of benzene rings is 1. The number of methoxy groups -OCH3 is 1. The molecule has 1 aromatic rings. The standard InChI is InChI=1S/C14H21NO2/c1-5-14(6-2,13(16)17-4)15-12-9-7-11(3)8-10-12/h7-10,15H,5-6H2,1-4H3. The fourth-order valence-electron chi connectivity index (χ4n) is 1.88. The highest BCUT2D eigenvalue weighted by Gasteiger charge is 2.35. The zero-order valence-electron chi connectivity index (χ0n) is 11.0. The first-order valence-corrected chi connectivity index (χ1v) is 6.01. The van der Waals surface area contributed by atoms with E-state index in [1.165, 1.54) is 12.7 Å². The highest BCUT2D eigenvalue weighted by Crippen LogP contribution is 2.24.